The molecule has 1 fully saturated rings. The normalized spacial score (nSPS) is 19.9. The van der Waals surface area contributed by atoms with E-state index in [2.05, 4.69) is 31.6 Å². The van der Waals surface area contributed by atoms with Crippen LogP contribution in [0.5, 0.6) is 0 Å². The van der Waals surface area contributed by atoms with E-state index in [-0.39, 0.29) is 12.4 Å². The number of thiazole rings is 1. The zero-order chi connectivity index (χ0) is 12.2. The maximum absolute atomic E-state index is 4.38. The molecule has 102 valence electrons. The second-order valence-corrected chi connectivity index (χ2v) is 5.18. The molecule has 0 radical (unpaired) electrons. The van der Waals surface area contributed by atoms with Crippen molar-refractivity contribution in [2.45, 2.75) is 12.6 Å². The van der Waals surface area contributed by atoms with Crippen molar-refractivity contribution in [1.29, 1.82) is 0 Å². The van der Waals surface area contributed by atoms with Crippen molar-refractivity contribution in [3.05, 3.63) is 46.7 Å². The Balaban J connectivity index is 0.00000133. The van der Waals surface area contributed by atoms with Crippen LogP contribution in [0.2, 0.25) is 0 Å². The van der Waals surface area contributed by atoms with Gasteiger partial charge in [0, 0.05) is 50.0 Å². The first-order valence-corrected chi connectivity index (χ1v) is 7.09. The highest BCUT2D eigenvalue weighted by Gasteiger charge is 2.24. The minimum atomic E-state index is 0. The van der Waals surface area contributed by atoms with Gasteiger partial charge in [-0.2, -0.15) is 0 Å². The molecule has 6 heteroatoms. The number of nitrogens with one attached hydrogen (secondary N) is 1. The van der Waals surface area contributed by atoms with Crippen molar-refractivity contribution < 1.29 is 0 Å². The Hall–Kier alpha value is -1.01. The summed E-state index contributed by atoms with van der Waals surface area (Å²) < 4.78 is 0. The molecule has 4 nitrogen and oxygen atoms in total. The average molecular weight is 297 g/mol. The number of rotatable bonds is 3. The molecule has 2 aromatic heterocycles. The summed E-state index contributed by atoms with van der Waals surface area (Å²) in [6.45, 7) is 4.00. The molecule has 0 aromatic carbocycles. The summed E-state index contributed by atoms with van der Waals surface area (Å²) in [6, 6.07) is 4.55. The summed E-state index contributed by atoms with van der Waals surface area (Å²) in [5.74, 6) is 0. The van der Waals surface area contributed by atoms with Gasteiger partial charge in [-0.3, -0.25) is 9.88 Å². The molecule has 0 spiro atoms. The van der Waals surface area contributed by atoms with Gasteiger partial charge in [0.2, 0.25) is 0 Å². The summed E-state index contributed by atoms with van der Waals surface area (Å²) >= 11 is 1.66. The maximum Gasteiger partial charge on any atom is 0.0795 e. The first kappa shape index (κ1) is 14.4. The number of halogens is 1. The van der Waals surface area contributed by atoms with Crippen LogP contribution in [0.4, 0.5) is 0 Å². The van der Waals surface area contributed by atoms with E-state index in [1.807, 2.05) is 24.0 Å². The summed E-state index contributed by atoms with van der Waals surface area (Å²) in [5.41, 5.74) is 4.34. The molecule has 0 amide bonds. The molecular formula is C13H17ClN4S. The lowest BCUT2D eigenvalue weighted by molar-refractivity contribution is 0.152. The van der Waals surface area contributed by atoms with Crippen LogP contribution in [0.1, 0.15) is 17.3 Å². The minimum absolute atomic E-state index is 0. The van der Waals surface area contributed by atoms with Crippen LogP contribution in [0.3, 0.4) is 0 Å². The van der Waals surface area contributed by atoms with Gasteiger partial charge in [-0.1, -0.05) is 6.07 Å². The van der Waals surface area contributed by atoms with Crippen molar-refractivity contribution in [3.8, 4) is 0 Å². The Kier molecular flexibility index (Phi) is 5.27. The van der Waals surface area contributed by atoms with Gasteiger partial charge in [0.15, 0.2) is 0 Å². The predicted molar refractivity (Wildman–Crippen MR) is 79.6 cm³/mol. The molecule has 1 saturated heterocycles. The molecule has 1 aliphatic rings. The topological polar surface area (TPSA) is 41.1 Å². The van der Waals surface area contributed by atoms with Gasteiger partial charge in [0.1, 0.15) is 0 Å². The van der Waals surface area contributed by atoms with E-state index >= 15 is 0 Å². The van der Waals surface area contributed by atoms with Gasteiger partial charge in [-0.05, 0) is 11.6 Å². The quantitative estimate of drug-likeness (QED) is 0.942. The molecule has 1 N–H and O–H groups in total. The fourth-order valence-electron chi connectivity index (χ4n) is 2.36. The van der Waals surface area contributed by atoms with E-state index in [1.54, 1.807) is 11.3 Å². The predicted octanol–water partition coefficient (Wildman–Crippen LogP) is 2.11. The molecule has 19 heavy (non-hydrogen) atoms. The van der Waals surface area contributed by atoms with Gasteiger partial charge in [-0.15, -0.1) is 23.7 Å². The van der Waals surface area contributed by atoms with Gasteiger partial charge in [-0.25, -0.2) is 4.98 Å². The van der Waals surface area contributed by atoms with Crippen molar-refractivity contribution in [1.82, 2.24) is 20.2 Å². The fraction of sp³-hybridized carbons (Fsp3) is 0.385. The van der Waals surface area contributed by atoms with E-state index in [0.717, 1.165) is 31.9 Å². The van der Waals surface area contributed by atoms with Crippen molar-refractivity contribution >= 4 is 23.7 Å². The third-order valence-electron chi connectivity index (χ3n) is 3.27. The first-order valence-electron chi connectivity index (χ1n) is 6.15. The largest absolute Gasteiger partial charge is 0.314 e. The second-order valence-electron chi connectivity index (χ2n) is 4.46. The number of aromatic nitrogens is 2. The van der Waals surface area contributed by atoms with Crippen LogP contribution in [-0.2, 0) is 6.54 Å². The van der Waals surface area contributed by atoms with E-state index in [1.165, 1.54) is 5.56 Å². The highest BCUT2D eigenvalue weighted by Crippen LogP contribution is 2.23. The Morgan fingerprint density at radius 3 is 3.16 bits per heavy atom. The Morgan fingerprint density at radius 1 is 1.47 bits per heavy atom. The Morgan fingerprint density at radius 2 is 2.42 bits per heavy atom. The summed E-state index contributed by atoms with van der Waals surface area (Å²) in [4.78, 5) is 11.1. The first-order chi connectivity index (χ1) is 8.93. The molecule has 1 atom stereocenters. The number of piperazine rings is 1. The number of hydrogen-bond donors (Lipinski definition) is 1. The molecule has 1 unspecified atom stereocenters. The highest BCUT2D eigenvalue weighted by molar-refractivity contribution is 7.07. The van der Waals surface area contributed by atoms with E-state index in [4.69, 9.17) is 0 Å². The SMILES string of the molecule is Cl.c1cncc(C2CNCCN2Cc2cscn2)c1. The van der Waals surface area contributed by atoms with E-state index in [0.29, 0.717) is 6.04 Å². The lowest BCUT2D eigenvalue weighted by Gasteiger charge is -2.35. The number of hydrogen-bond acceptors (Lipinski definition) is 5. The maximum atomic E-state index is 4.38. The molecular weight excluding hydrogens is 280 g/mol. The number of pyridine rings is 1. The zero-order valence-electron chi connectivity index (χ0n) is 10.5. The lowest BCUT2D eigenvalue weighted by Crippen LogP contribution is -2.45. The molecule has 3 heterocycles. The van der Waals surface area contributed by atoms with Crippen LogP contribution < -0.4 is 5.32 Å². The van der Waals surface area contributed by atoms with Crippen LogP contribution in [0.25, 0.3) is 0 Å². The molecule has 0 saturated carbocycles. The third kappa shape index (κ3) is 3.51. The smallest absolute Gasteiger partial charge is 0.0795 e. The van der Waals surface area contributed by atoms with E-state index < -0.39 is 0 Å². The van der Waals surface area contributed by atoms with Crippen molar-refractivity contribution in [2.75, 3.05) is 19.6 Å². The van der Waals surface area contributed by atoms with Crippen LogP contribution in [0.15, 0.2) is 35.4 Å². The second kappa shape index (κ2) is 6.96. The van der Waals surface area contributed by atoms with Gasteiger partial charge in [0.25, 0.3) is 0 Å². The number of nitrogens with zero attached hydrogens (tertiary/aromatic N) is 3. The third-order valence-corrected chi connectivity index (χ3v) is 3.91. The van der Waals surface area contributed by atoms with Crippen molar-refractivity contribution in [3.63, 3.8) is 0 Å². The highest BCUT2D eigenvalue weighted by atomic mass is 35.5. The monoisotopic (exact) mass is 296 g/mol. The van der Waals surface area contributed by atoms with Crippen molar-refractivity contribution in [2.24, 2.45) is 0 Å². The summed E-state index contributed by atoms with van der Waals surface area (Å²) in [5, 5.41) is 5.58. The molecule has 2 aromatic rings. The average Bonchev–Trinajstić information content (AvgIpc) is 2.93. The molecule has 1 aliphatic heterocycles. The van der Waals surface area contributed by atoms with Gasteiger partial charge in [0.05, 0.1) is 11.2 Å². The summed E-state index contributed by atoms with van der Waals surface area (Å²) in [7, 11) is 0. The Labute approximate surface area is 123 Å². The van der Waals surface area contributed by atoms with Crippen LogP contribution in [-0.4, -0.2) is 34.5 Å². The van der Waals surface area contributed by atoms with Gasteiger partial charge >= 0.3 is 0 Å². The lowest BCUT2D eigenvalue weighted by atomic mass is 10.1. The standard InChI is InChI=1S/C13H16N4S.ClH/c1-2-11(6-14-3-1)13-7-15-4-5-17(13)8-12-9-18-10-16-12;/h1-3,6,9-10,13,15H,4-5,7-8H2;1H. The minimum Gasteiger partial charge on any atom is -0.314 e. The molecule has 0 aliphatic carbocycles. The molecule has 0 bridgehead atoms. The zero-order valence-corrected chi connectivity index (χ0v) is 12.2. The molecule has 3 rings (SSSR count). The van der Waals surface area contributed by atoms with Crippen LogP contribution >= 0.6 is 23.7 Å². The van der Waals surface area contributed by atoms with E-state index in [9.17, 15) is 0 Å². The fourth-order valence-corrected chi connectivity index (χ4v) is 2.91. The van der Waals surface area contributed by atoms with Crippen LogP contribution in [0, 0.1) is 0 Å². The summed E-state index contributed by atoms with van der Waals surface area (Å²) in [6.07, 6.45) is 3.79. The Bertz CT molecular complexity index is 477. The van der Waals surface area contributed by atoms with Gasteiger partial charge < -0.3 is 5.32 Å².